The number of esters is 1. The fourth-order valence-corrected chi connectivity index (χ4v) is 4.45. The van der Waals surface area contributed by atoms with Crippen LogP contribution < -0.4 is 5.73 Å². The number of hydrogen-bond donors (Lipinski definition) is 1. The topological polar surface area (TPSA) is 73.8 Å². The number of nitrogens with zero attached hydrogens (tertiary/aromatic N) is 1. The molecule has 1 aromatic carbocycles. The molecule has 0 unspecified atom stereocenters. The molecule has 4 aromatic rings. The van der Waals surface area contributed by atoms with Gasteiger partial charge in [-0.1, -0.05) is 17.7 Å². The second kappa shape index (κ2) is 6.72. The summed E-state index contributed by atoms with van der Waals surface area (Å²) in [5.74, 6) is -0.632. The Labute approximate surface area is 163 Å². The van der Waals surface area contributed by atoms with Crippen LogP contribution in [0.4, 0.5) is 5.69 Å². The Morgan fingerprint density at radius 1 is 1.19 bits per heavy atom. The molecule has 0 saturated heterocycles. The van der Waals surface area contributed by atoms with E-state index in [9.17, 15) is 9.59 Å². The highest BCUT2D eigenvalue weighted by Gasteiger charge is 2.27. The van der Waals surface area contributed by atoms with Crippen LogP contribution in [0.2, 0.25) is 5.02 Å². The third-order valence-corrected chi connectivity index (χ3v) is 5.76. The van der Waals surface area contributed by atoms with Gasteiger partial charge in [0.1, 0.15) is 10.4 Å². The van der Waals surface area contributed by atoms with Crippen molar-refractivity contribution in [3.05, 3.63) is 69.7 Å². The van der Waals surface area contributed by atoms with E-state index in [1.54, 1.807) is 31.2 Å². The number of ether oxygens (including phenoxy) is 1. The largest absolute Gasteiger partial charge is 0.462 e. The molecule has 2 N–H and O–H groups in total. The van der Waals surface area contributed by atoms with Crippen LogP contribution in [0.15, 0.2) is 48.7 Å². The summed E-state index contributed by atoms with van der Waals surface area (Å²) in [6, 6.07) is 12.2. The average Bonchev–Trinajstić information content (AvgIpc) is 3.16. The van der Waals surface area contributed by atoms with Gasteiger partial charge in [-0.15, -0.1) is 11.3 Å². The number of nitrogens with two attached hydrogens (primary N) is 1. The molecule has 0 fully saturated rings. The Bertz CT molecular complexity index is 1190. The minimum atomic E-state index is -0.428. The number of fused-ring (bicyclic) bond motifs is 3. The average molecular weight is 399 g/mol. The van der Waals surface area contributed by atoms with Crippen LogP contribution in [0.3, 0.4) is 0 Å². The van der Waals surface area contributed by atoms with E-state index in [1.807, 2.05) is 28.8 Å². The monoisotopic (exact) mass is 398 g/mol. The lowest BCUT2D eigenvalue weighted by Gasteiger charge is -2.03. The molecule has 4 rings (SSSR count). The molecule has 0 bridgehead atoms. The number of anilines is 1. The normalized spacial score (nSPS) is 11.2. The summed E-state index contributed by atoms with van der Waals surface area (Å²) in [7, 11) is 0. The number of benzene rings is 1. The Morgan fingerprint density at radius 2 is 1.93 bits per heavy atom. The molecule has 3 heterocycles. The molecular weight excluding hydrogens is 384 g/mol. The zero-order valence-corrected chi connectivity index (χ0v) is 15.9. The summed E-state index contributed by atoms with van der Waals surface area (Å²) in [5, 5.41) is 0.551. The first-order valence-electron chi connectivity index (χ1n) is 8.31. The van der Waals surface area contributed by atoms with Crippen molar-refractivity contribution < 1.29 is 14.3 Å². The fourth-order valence-electron chi connectivity index (χ4n) is 3.10. The summed E-state index contributed by atoms with van der Waals surface area (Å²) >= 11 is 7.11. The summed E-state index contributed by atoms with van der Waals surface area (Å²) in [6.45, 7) is 2.02. The number of ketones is 1. The molecule has 0 aliphatic carbocycles. The van der Waals surface area contributed by atoms with Gasteiger partial charge in [0.2, 0.25) is 5.78 Å². The van der Waals surface area contributed by atoms with E-state index in [1.165, 1.54) is 11.3 Å². The lowest BCUT2D eigenvalue weighted by molar-refractivity contribution is 0.0531. The van der Waals surface area contributed by atoms with Gasteiger partial charge in [0, 0.05) is 16.8 Å². The van der Waals surface area contributed by atoms with E-state index < -0.39 is 5.97 Å². The Morgan fingerprint density at radius 3 is 2.63 bits per heavy atom. The maximum atomic E-state index is 13.0. The first kappa shape index (κ1) is 17.6. The van der Waals surface area contributed by atoms with Crippen LogP contribution >= 0.6 is 22.9 Å². The van der Waals surface area contributed by atoms with Gasteiger partial charge in [0.25, 0.3) is 0 Å². The predicted molar refractivity (Wildman–Crippen MR) is 108 cm³/mol. The highest BCUT2D eigenvalue weighted by Crippen LogP contribution is 2.40. The van der Waals surface area contributed by atoms with Gasteiger partial charge >= 0.3 is 5.97 Å². The summed E-state index contributed by atoms with van der Waals surface area (Å²) in [5.41, 5.74) is 8.97. The second-order valence-electron chi connectivity index (χ2n) is 5.91. The Balaban J connectivity index is 1.96. The standard InChI is InChI=1S/C20H15ClN2O3S/c1-2-26-20(25)14-13-5-3-4-10-23(13)16-15(22)19(27-18(14)16)17(24)11-6-8-12(21)9-7-11/h3-10H,2,22H2,1H3. The molecule has 0 aliphatic rings. The molecule has 0 saturated carbocycles. The Kier molecular flexibility index (Phi) is 4.37. The molecular formula is C20H15ClN2O3S. The van der Waals surface area contributed by atoms with E-state index in [0.29, 0.717) is 42.4 Å². The first-order valence-corrected chi connectivity index (χ1v) is 9.50. The molecule has 3 aromatic heterocycles. The molecule has 0 aliphatic heterocycles. The van der Waals surface area contributed by atoms with Crippen molar-refractivity contribution in [2.45, 2.75) is 6.92 Å². The number of rotatable bonds is 4. The van der Waals surface area contributed by atoms with E-state index in [2.05, 4.69) is 0 Å². The molecule has 0 atom stereocenters. The Hall–Kier alpha value is -2.83. The predicted octanol–water partition coefficient (Wildman–Crippen LogP) is 4.80. The van der Waals surface area contributed by atoms with Crippen LogP contribution in [0.5, 0.6) is 0 Å². The number of thiophene rings is 1. The van der Waals surface area contributed by atoms with Crippen LogP contribution in [-0.2, 0) is 4.74 Å². The number of carbonyl (C=O) groups is 2. The smallest absolute Gasteiger partial charge is 0.341 e. The van der Waals surface area contributed by atoms with Gasteiger partial charge < -0.3 is 14.9 Å². The highest BCUT2D eigenvalue weighted by atomic mass is 35.5. The van der Waals surface area contributed by atoms with Crippen LogP contribution in [0.1, 0.15) is 32.5 Å². The van der Waals surface area contributed by atoms with E-state index in [-0.39, 0.29) is 12.4 Å². The van der Waals surface area contributed by atoms with Gasteiger partial charge in [-0.05, 0) is 43.3 Å². The molecule has 27 heavy (non-hydrogen) atoms. The van der Waals surface area contributed by atoms with Crippen molar-refractivity contribution in [3.8, 4) is 0 Å². The fraction of sp³-hybridized carbons (Fsp3) is 0.100. The summed E-state index contributed by atoms with van der Waals surface area (Å²) in [4.78, 5) is 25.9. The van der Waals surface area contributed by atoms with Gasteiger partial charge in [-0.2, -0.15) is 0 Å². The minimum absolute atomic E-state index is 0.204. The number of carbonyl (C=O) groups excluding carboxylic acids is 2. The summed E-state index contributed by atoms with van der Waals surface area (Å²) < 4.78 is 7.70. The van der Waals surface area contributed by atoms with Crippen molar-refractivity contribution in [1.82, 2.24) is 4.40 Å². The van der Waals surface area contributed by atoms with Crippen LogP contribution in [0.25, 0.3) is 15.7 Å². The molecule has 5 nitrogen and oxygen atoms in total. The van der Waals surface area contributed by atoms with Crippen molar-refractivity contribution in [1.29, 1.82) is 0 Å². The molecule has 0 spiro atoms. The van der Waals surface area contributed by atoms with Gasteiger partial charge in [-0.25, -0.2) is 4.79 Å². The highest BCUT2D eigenvalue weighted by molar-refractivity contribution is 7.22. The van der Waals surface area contributed by atoms with Gasteiger partial charge in [0.05, 0.1) is 28.0 Å². The quantitative estimate of drug-likeness (QED) is 0.396. The van der Waals surface area contributed by atoms with Crippen molar-refractivity contribution >= 4 is 56.1 Å². The number of aromatic nitrogens is 1. The SMILES string of the molecule is CCOC(=O)c1c2sc(C(=O)c3ccc(Cl)cc3)c(N)c2n2ccccc12. The maximum Gasteiger partial charge on any atom is 0.341 e. The number of halogens is 1. The number of pyridine rings is 1. The third-order valence-electron chi connectivity index (χ3n) is 4.30. The van der Waals surface area contributed by atoms with E-state index in [0.717, 1.165) is 0 Å². The molecule has 0 radical (unpaired) electrons. The lowest BCUT2D eigenvalue weighted by Crippen LogP contribution is -2.04. The van der Waals surface area contributed by atoms with E-state index >= 15 is 0 Å². The van der Waals surface area contributed by atoms with Crippen LogP contribution in [0, 0.1) is 0 Å². The van der Waals surface area contributed by atoms with E-state index in [4.69, 9.17) is 22.1 Å². The van der Waals surface area contributed by atoms with Crippen molar-refractivity contribution in [2.24, 2.45) is 0 Å². The third kappa shape index (κ3) is 2.78. The number of nitrogen functional groups attached to an aromatic ring is 1. The zero-order chi connectivity index (χ0) is 19.1. The van der Waals surface area contributed by atoms with Gasteiger partial charge in [0.15, 0.2) is 0 Å². The second-order valence-corrected chi connectivity index (χ2v) is 7.37. The van der Waals surface area contributed by atoms with Gasteiger partial charge in [-0.3, -0.25) is 4.79 Å². The number of hydrogen-bond acceptors (Lipinski definition) is 5. The molecule has 7 heteroatoms. The molecule has 136 valence electrons. The molecule has 0 amide bonds. The van der Waals surface area contributed by atoms with Crippen molar-refractivity contribution in [2.75, 3.05) is 12.3 Å². The first-order chi connectivity index (χ1) is 13.0. The lowest BCUT2D eigenvalue weighted by atomic mass is 10.1. The minimum Gasteiger partial charge on any atom is -0.462 e. The summed E-state index contributed by atoms with van der Waals surface area (Å²) in [6.07, 6.45) is 1.82. The van der Waals surface area contributed by atoms with Crippen molar-refractivity contribution in [3.63, 3.8) is 0 Å². The maximum absolute atomic E-state index is 13.0. The zero-order valence-electron chi connectivity index (χ0n) is 14.4. The van der Waals surface area contributed by atoms with Crippen LogP contribution in [-0.4, -0.2) is 22.8 Å².